The van der Waals surface area contributed by atoms with Crippen LogP contribution in [-0.2, 0) is 13.2 Å². The predicted octanol–water partition coefficient (Wildman–Crippen LogP) is 2.61. The number of aromatic nitrogens is 6. The van der Waals surface area contributed by atoms with Gasteiger partial charge >= 0.3 is 0 Å². The number of carbonyl (C=O) groups is 1. The van der Waals surface area contributed by atoms with Gasteiger partial charge in [-0.1, -0.05) is 23.4 Å². The molecule has 38 heavy (non-hydrogen) atoms. The monoisotopic (exact) mass is 537 g/mol. The van der Waals surface area contributed by atoms with Crippen LogP contribution < -0.4 is 4.74 Å². The first-order chi connectivity index (χ1) is 18.4. The molecule has 1 amide bonds. The molecule has 0 spiro atoms. The molecule has 1 fully saturated rings. The molecule has 1 aliphatic heterocycles. The maximum Gasteiger partial charge on any atom is 0.255 e. The molecular formula is C24H23N7O6S. The van der Waals surface area contributed by atoms with E-state index in [4.69, 9.17) is 9.26 Å². The lowest BCUT2D eigenvalue weighted by Gasteiger charge is -2.40. The minimum absolute atomic E-state index is 0.0949. The van der Waals surface area contributed by atoms with E-state index < -0.39 is 10.6 Å². The van der Waals surface area contributed by atoms with Crippen molar-refractivity contribution in [1.29, 1.82) is 0 Å². The van der Waals surface area contributed by atoms with Crippen LogP contribution in [0.1, 0.15) is 21.8 Å². The first-order valence-corrected chi connectivity index (χ1v) is 13.6. The molecule has 0 saturated carbocycles. The Morgan fingerprint density at radius 2 is 1.87 bits per heavy atom. The summed E-state index contributed by atoms with van der Waals surface area (Å²) in [5.41, 5.74) is 1.89. The van der Waals surface area contributed by atoms with Crippen LogP contribution in [0.4, 0.5) is 0 Å². The summed E-state index contributed by atoms with van der Waals surface area (Å²) in [6.07, 6.45) is 1.49. The standard InChI is InChI=1S/C24H23N7O6S/c32-13-17-11-20(29-37-17)22-27-26-21-18-3-1-2-4-19(18)23(28-31(21)22)36-14-16-6-5-15(12-25-16)24(33)30-7-9-38(34,35)10-8-30/h1-6,11-12,32,34-35H,7-10,13-14H2. The van der Waals surface area contributed by atoms with Gasteiger partial charge in [0, 0.05) is 36.1 Å². The quantitative estimate of drug-likeness (QED) is 0.291. The first-order valence-electron chi connectivity index (χ1n) is 11.7. The van der Waals surface area contributed by atoms with E-state index in [9.17, 15) is 19.0 Å². The Morgan fingerprint density at radius 3 is 2.58 bits per heavy atom. The number of hydrogen-bond acceptors (Lipinski definition) is 11. The number of ether oxygens (including phenoxy) is 1. The van der Waals surface area contributed by atoms with E-state index in [0.717, 1.165) is 10.8 Å². The molecule has 0 unspecified atom stereocenters. The highest BCUT2D eigenvalue weighted by Gasteiger charge is 2.26. The second kappa shape index (κ2) is 9.64. The summed E-state index contributed by atoms with van der Waals surface area (Å²) in [5.74, 6) is 1.13. The molecule has 0 aliphatic carbocycles. The first kappa shape index (κ1) is 24.2. The average Bonchev–Trinajstić information content (AvgIpc) is 3.59. The lowest BCUT2D eigenvalue weighted by atomic mass is 10.2. The van der Waals surface area contributed by atoms with Crippen LogP contribution >= 0.6 is 10.6 Å². The Hall–Kier alpha value is -4.11. The van der Waals surface area contributed by atoms with E-state index in [1.807, 2.05) is 24.3 Å². The molecule has 5 heterocycles. The van der Waals surface area contributed by atoms with Crippen molar-refractivity contribution < 1.29 is 28.3 Å². The molecule has 4 aromatic heterocycles. The summed E-state index contributed by atoms with van der Waals surface area (Å²) in [6, 6.07) is 12.5. The van der Waals surface area contributed by atoms with Gasteiger partial charge in [0.15, 0.2) is 17.1 Å². The van der Waals surface area contributed by atoms with Gasteiger partial charge in [-0.05, 0) is 18.2 Å². The Labute approximate surface area is 217 Å². The van der Waals surface area contributed by atoms with Crippen LogP contribution in [0, 0.1) is 0 Å². The minimum Gasteiger partial charge on any atom is -0.470 e. The summed E-state index contributed by atoms with van der Waals surface area (Å²) < 4.78 is 32.2. The normalized spacial score (nSPS) is 16.1. The largest absolute Gasteiger partial charge is 0.470 e. The van der Waals surface area contributed by atoms with Gasteiger partial charge < -0.3 is 19.3 Å². The van der Waals surface area contributed by atoms with Crippen molar-refractivity contribution in [2.45, 2.75) is 13.2 Å². The van der Waals surface area contributed by atoms with Crippen LogP contribution in [0.25, 0.3) is 27.9 Å². The van der Waals surface area contributed by atoms with Crippen molar-refractivity contribution in [3.8, 4) is 17.4 Å². The molecule has 1 saturated heterocycles. The molecule has 0 atom stereocenters. The number of benzene rings is 1. The Bertz CT molecular complexity index is 1620. The minimum atomic E-state index is -2.58. The van der Waals surface area contributed by atoms with Gasteiger partial charge in [-0.15, -0.1) is 15.3 Å². The maximum atomic E-state index is 12.8. The third-order valence-corrected chi connectivity index (χ3v) is 7.94. The highest BCUT2D eigenvalue weighted by molar-refractivity contribution is 8.24. The molecular weight excluding hydrogens is 514 g/mol. The molecule has 14 heteroatoms. The fraction of sp³-hybridized carbons (Fsp3) is 0.250. The van der Waals surface area contributed by atoms with E-state index in [-0.39, 0.29) is 30.6 Å². The zero-order valence-electron chi connectivity index (χ0n) is 20.0. The van der Waals surface area contributed by atoms with Crippen molar-refractivity contribution in [1.82, 2.24) is 34.9 Å². The third-order valence-electron chi connectivity index (χ3n) is 6.27. The van der Waals surface area contributed by atoms with E-state index in [1.165, 1.54) is 10.7 Å². The number of fused-ring (bicyclic) bond motifs is 3. The average molecular weight is 538 g/mol. The number of amides is 1. The van der Waals surface area contributed by atoms with E-state index in [0.29, 0.717) is 53.2 Å². The summed E-state index contributed by atoms with van der Waals surface area (Å²) in [6.45, 7) is 0.399. The van der Waals surface area contributed by atoms with Gasteiger partial charge in [0.2, 0.25) is 11.7 Å². The topological polar surface area (TPSA) is 172 Å². The highest BCUT2D eigenvalue weighted by Crippen LogP contribution is 2.40. The summed E-state index contributed by atoms with van der Waals surface area (Å²) >= 11 is 0. The van der Waals surface area contributed by atoms with E-state index in [1.54, 1.807) is 23.1 Å². The zero-order chi connectivity index (χ0) is 26.3. The van der Waals surface area contributed by atoms with Crippen LogP contribution in [0.3, 0.4) is 0 Å². The van der Waals surface area contributed by atoms with E-state index in [2.05, 4.69) is 25.4 Å². The second-order valence-electron chi connectivity index (χ2n) is 8.78. The van der Waals surface area contributed by atoms with Crippen molar-refractivity contribution in [3.63, 3.8) is 0 Å². The van der Waals surface area contributed by atoms with Crippen LogP contribution in [0.15, 0.2) is 53.2 Å². The molecule has 13 nitrogen and oxygen atoms in total. The Morgan fingerprint density at radius 1 is 1.08 bits per heavy atom. The van der Waals surface area contributed by atoms with Gasteiger partial charge in [0.25, 0.3) is 5.91 Å². The predicted molar refractivity (Wildman–Crippen MR) is 137 cm³/mol. The Kier molecular flexibility index (Phi) is 6.15. The van der Waals surface area contributed by atoms with Crippen LogP contribution in [-0.4, -0.2) is 79.6 Å². The van der Waals surface area contributed by atoms with E-state index >= 15 is 0 Å². The molecule has 1 aromatic carbocycles. The number of aliphatic hydroxyl groups excluding tert-OH is 1. The smallest absolute Gasteiger partial charge is 0.255 e. The lowest BCUT2D eigenvalue weighted by Crippen LogP contribution is -2.42. The lowest BCUT2D eigenvalue weighted by molar-refractivity contribution is 0.0767. The highest BCUT2D eigenvalue weighted by atomic mass is 32.3. The van der Waals surface area contributed by atoms with Gasteiger partial charge in [-0.25, -0.2) is 0 Å². The van der Waals surface area contributed by atoms with Gasteiger partial charge in [0.1, 0.15) is 13.2 Å². The number of aliphatic hydroxyl groups is 1. The molecule has 0 bridgehead atoms. The van der Waals surface area contributed by atoms with Crippen molar-refractivity contribution in [2.75, 3.05) is 24.6 Å². The summed E-state index contributed by atoms with van der Waals surface area (Å²) in [4.78, 5) is 18.7. The summed E-state index contributed by atoms with van der Waals surface area (Å²) in [5, 5.41) is 27.8. The fourth-order valence-electron chi connectivity index (χ4n) is 4.20. The van der Waals surface area contributed by atoms with Gasteiger partial charge in [-0.3, -0.25) is 18.9 Å². The number of rotatable bonds is 6. The maximum absolute atomic E-state index is 12.8. The fourth-order valence-corrected chi connectivity index (χ4v) is 5.43. The number of nitrogens with zero attached hydrogens (tertiary/aromatic N) is 7. The SMILES string of the molecule is O=C(c1ccc(COc2nn3c(-c4cc(CO)on4)nnc3c3ccccc23)nc1)N1CCS(O)(O)CC1. The van der Waals surface area contributed by atoms with Crippen molar-refractivity contribution in [3.05, 3.63) is 65.7 Å². The van der Waals surface area contributed by atoms with Gasteiger partial charge in [-0.2, -0.15) is 15.1 Å². The third kappa shape index (κ3) is 4.54. The molecule has 1 aliphatic rings. The van der Waals surface area contributed by atoms with Crippen LogP contribution in [0.2, 0.25) is 0 Å². The molecule has 196 valence electrons. The molecule has 5 aromatic rings. The number of carbonyl (C=O) groups excluding carboxylic acids is 1. The second-order valence-corrected chi connectivity index (χ2v) is 11.2. The van der Waals surface area contributed by atoms with Crippen molar-refractivity contribution >= 4 is 32.9 Å². The number of pyridine rings is 1. The van der Waals surface area contributed by atoms with Crippen molar-refractivity contribution in [2.24, 2.45) is 0 Å². The molecule has 0 radical (unpaired) electrons. The molecule has 6 rings (SSSR count). The Balaban J connectivity index is 1.24. The zero-order valence-corrected chi connectivity index (χ0v) is 20.8. The van der Waals surface area contributed by atoms with Crippen LogP contribution in [0.5, 0.6) is 5.88 Å². The molecule has 3 N–H and O–H groups in total. The van der Waals surface area contributed by atoms with Gasteiger partial charge in [0.05, 0.1) is 22.8 Å². The number of hydrogen-bond donors (Lipinski definition) is 3. The summed E-state index contributed by atoms with van der Waals surface area (Å²) in [7, 11) is -2.58.